The minimum atomic E-state index is -0.787. The summed E-state index contributed by atoms with van der Waals surface area (Å²) in [4.78, 5) is 24.1. The van der Waals surface area contributed by atoms with Crippen LogP contribution in [0.4, 0.5) is 0 Å². The Hall–Kier alpha value is -2.40. The van der Waals surface area contributed by atoms with Crippen LogP contribution in [0.25, 0.3) is 0 Å². The number of aliphatic hydroxyl groups excluding tert-OH is 1. The lowest BCUT2D eigenvalue weighted by Crippen LogP contribution is -2.28. The number of carbonyl (C=O) groups excluding carboxylic acids is 2. The molecular formula is C37H62O5. The second kappa shape index (κ2) is 33.1. The molecule has 0 bridgehead atoms. The van der Waals surface area contributed by atoms with Gasteiger partial charge in [0.25, 0.3) is 0 Å². The maximum atomic E-state index is 12.1. The Labute approximate surface area is 258 Å². The molecule has 0 amide bonds. The highest BCUT2D eigenvalue weighted by Gasteiger charge is 2.16. The maximum Gasteiger partial charge on any atom is 0.306 e. The number of rotatable bonds is 29. The van der Waals surface area contributed by atoms with Crippen molar-refractivity contribution in [2.75, 3.05) is 13.2 Å². The minimum Gasteiger partial charge on any atom is -0.462 e. The topological polar surface area (TPSA) is 72.8 Å². The van der Waals surface area contributed by atoms with E-state index in [1.54, 1.807) is 0 Å². The van der Waals surface area contributed by atoms with Gasteiger partial charge in [-0.15, -0.1) is 0 Å². The van der Waals surface area contributed by atoms with Crippen LogP contribution in [0.2, 0.25) is 0 Å². The lowest BCUT2D eigenvalue weighted by atomic mass is 10.1. The summed E-state index contributed by atoms with van der Waals surface area (Å²) in [6.45, 7) is 3.93. The molecule has 0 rings (SSSR count). The number of aliphatic hydroxyl groups is 1. The number of hydrogen-bond acceptors (Lipinski definition) is 5. The first-order chi connectivity index (χ1) is 20.6. The highest BCUT2D eigenvalue weighted by Crippen LogP contribution is 2.10. The van der Waals surface area contributed by atoms with Gasteiger partial charge in [-0.25, -0.2) is 0 Å². The number of hydrogen-bond donors (Lipinski definition) is 1. The number of ether oxygens (including phenoxy) is 2. The summed E-state index contributed by atoms with van der Waals surface area (Å²) in [5.74, 6) is -0.638. The number of allylic oxidation sites excluding steroid dienone is 10. The van der Waals surface area contributed by atoms with Crippen LogP contribution in [0.1, 0.15) is 142 Å². The Kier molecular flexibility index (Phi) is 31.2. The molecule has 0 saturated heterocycles. The molecule has 1 atom stereocenters. The largest absolute Gasteiger partial charge is 0.462 e. The smallest absolute Gasteiger partial charge is 0.306 e. The normalized spacial score (nSPS) is 12.9. The van der Waals surface area contributed by atoms with Crippen molar-refractivity contribution < 1.29 is 24.2 Å². The van der Waals surface area contributed by atoms with Gasteiger partial charge in [-0.05, 0) is 70.6 Å². The molecule has 1 unspecified atom stereocenters. The Morgan fingerprint density at radius 3 is 1.57 bits per heavy atom. The molecule has 0 saturated carbocycles. The van der Waals surface area contributed by atoms with Crippen molar-refractivity contribution >= 4 is 11.9 Å². The van der Waals surface area contributed by atoms with Gasteiger partial charge in [-0.2, -0.15) is 0 Å². The number of esters is 2. The second-order valence-corrected chi connectivity index (χ2v) is 10.9. The van der Waals surface area contributed by atoms with E-state index >= 15 is 0 Å². The first-order valence-corrected chi connectivity index (χ1v) is 16.8. The fourth-order valence-corrected chi connectivity index (χ4v) is 4.23. The van der Waals surface area contributed by atoms with Gasteiger partial charge in [-0.1, -0.05) is 120 Å². The number of carbonyl (C=O) groups is 2. The molecule has 0 aromatic carbocycles. The standard InChI is InChI=1S/C37H62O5/c1-3-5-7-9-11-13-15-16-17-18-19-20-22-24-26-28-30-32-37(40)42-35(33-38)34-41-36(39)31-29-27-25-23-21-14-12-10-8-6-4-2/h5,7,10-13,16-17,19-20,35,38H,3-4,6,8-9,14-15,18,21-34H2,1-2H3. The fraction of sp³-hybridized carbons (Fsp3) is 0.676. The van der Waals surface area contributed by atoms with Gasteiger partial charge in [0.15, 0.2) is 6.10 Å². The molecule has 0 aliphatic rings. The molecule has 42 heavy (non-hydrogen) atoms. The van der Waals surface area contributed by atoms with E-state index in [9.17, 15) is 14.7 Å². The lowest BCUT2D eigenvalue weighted by Gasteiger charge is -2.15. The van der Waals surface area contributed by atoms with Crippen LogP contribution in [-0.2, 0) is 19.1 Å². The zero-order chi connectivity index (χ0) is 30.8. The summed E-state index contributed by atoms with van der Waals surface area (Å²) in [5.41, 5.74) is 0. The molecule has 0 aromatic rings. The van der Waals surface area contributed by atoms with Crippen molar-refractivity contribution in [1.82, 2.24) is 0 Å². The molecule has 1 N–H and O–H groups in total. The summed E-state index contributed by atoms with van der Waals surface area (Å²) in [6.07, 6.45) is 41.3. The van der Waals surface area contributed by atoms with Crippen LogP contribution in [-0.4, -0.2) is 36.4 Å². The molecule has 0 radical (unpaired) electrons. The van der Waals surface area contributed by atoms with E-state index in [1.165, 1.54) is 32.1 Å². The van der Waals surface area contributed by atoms with Crippen LogP contribution in [0.3, 0.4) is 0 Å². The Bertz CT molecular complexity index is 762. The van der Waals surface area contributed by atoms with Gasteiger partial charge in [0.2, 0.25) is 0 Å². The lowest BCUT2D eigenvalue weighted by molar-refractivity contribution is -0.161. The third-order valence-electron chi connectivity index (χ3n) is 6.80. The third kappa shape index (κ3) is 30.6. The highest BCUT2D eigenvalue weighted by molar-refractivity contribution is 5.70. The van der Waals surface area contributed by atoms with E-state index in [-0.39, 0.29) is 25.2 Å². The Balaban J connectivity index is 3.68. The van der Waals surface area contributed by atoms with E-state index in [4.69, 9.17) is 9.47 Å². The molecule has 0 aliphatic heterocycles. The van der Waals surface area contributed by atoms with Gasteiger partial charge in [0.05, 0.1) is 6.61 Å². The third-order valence-corrected chi connectivity index (χ3v) is 6.80. The summed E-state index contributed by atoms with van der Waals surface area (Å²) in [7, 11) is 0. The molecule has 0 spiro atoms. The first-order valence-electron chi connectivity index (χ1n) is 16.8. The van der Waals surface area contributed by atoms with Gasteiger partial charge in [-0.3, -0.25) is 9.59 Å². The van der Waals surface area contributed by atoms with Gasteiger partial charge in [0.1, 0.15) is 6.61 Å². The maximum absolute atomic E-state index is 12.1. The SMILES string of the molecule is CCC=CCC=CCC=CCC=CCCCCCCC(=O)OC(CO)COC(=O)CCCCCCCC=CCCCC. The molecule has 0 aliphatic carbocycles. The van der Waals surface area contributed by atoms with Crippen molar-refractivity contribution in [1.29, 1.82) is 0 Å². The second-order valence-electron chi connectivity index (χ2n) is 10.9. The van der Waals surface area contributed by atoms with Crippen molar-refractivity contribution in [3.8, 4) is 0 Å². The van der Waals surface area contributed by atoms with Crippen LogP contribution in [0.15, 0.2) is 60.8 Å². The molecule has 0 aromatic heterocycles. The molecule has 0 fully saturated rings. The molecule has 0 heterocycles. The van der Waals surface area contributed by atoms with E-state index < -0.39 is 6.10 Å². The van der Waals surface area contributed by atoms with Gasteiger partial charge >= 0.3 is 11.9 Å². The molecule has 240 valence electrons. The van der Waals surface area contributed by atoms with Crippen molar-refractivity contribution in [3.05, 3.63) is 60.8 Å². The van der Waals surface area contributed by atoms with Gasteiger partial charge in [0, 0.05) is 12.8 Å². The predicted molar refractivity (Wildman–Crippen MR) is 177 cm³/mol. The summed E-state index contributed by atoms with van der Waals surface area (Å²) in [5, 5.41) is 9.50. The van der Waals surface area contributed by atoms with Crippen LogP contribution in [0.5, 0.6) is 0 Å². The summed E-state index contributed by atoms with van der Waals surface area (Å²) in [6, 6.07) is 0. The van der Waals surface area contributed by atoms with Crippen LogP contribution in [0, 0.1) is 0 Å². The zero-order valence-electron chi connectivity index (χ0n) is 27.0. The quantitative estimate of drug-likeness (QED) is 0.0536. The highest BCUT2D eigenvalue weighted by atomic mass is 16.6. The van der Waals surface area contributed by atoms with E-state index in [2.05, 4.69) is 74.6 Å². The summed E-state index contributed by atoms with van der Waals surface area (Å²) >= 11 is 0. The Morgan fingerprint density at radius 2 is 1.02 bits per heavy atom. The van der Waals surface area contributed by atoms with E-state index in [0.717, 1.165) is 83.5 Å². The predicted octanol–water partition coefficient (Wildman–Crippen LogP) is 10.1. The van der Waals surface area contributed by atoms with Gasteiger partial charge < -0.3 is 14.6 Å². The van der Waals surface area contributed by atoms with Crippen LogP contribution < -0.4 is 0 Å². The average molecular weight is 587 g/mol. The van der Waals surface area contributed by atoms with E-state index in [1.807, 2.05) is 0 Å². The average Bonchev–Trinajstić information content (AvgIpc) is 2.99. The summed E-state index contributed by atoms with van der Waals surface area (Å²) < 4.78 is 10.5. The van der Waals surface area contributed by atoms with Crippen molar-refractivity contribution in [3.63, 3.8) is 0 Å². The molecule has 5 heteroatoms. The van der Waals surface area contributed by atoms with E-state index in [0.29, 0.717) is 12.8 Å². The fourth-order valence-electron chi connectivity index (χ4n) is 4.23. The van der Waals surface area contributed by atoms with Crippen molar-refractivity contribution in [2.45, 2.75) is 148 Å². The molecule has 5 nitrogen and oxygen atoms in total. The van der Waals surface area contributed by atoms with Crippen LogP contribution >= 0.6 is 0 Å². The number of unbranched alkanes of at least 4 members (excludes halogenated alkanes) is 11. The first kappa shape index (κ1) is 39.6. The monoisotopic (exact) mass is 586 g/mol. The molecular weight excluding hydrogens is 524 g/mol. The minimum absolute atomic E-state index is 0.0830. The van der Waals surface area contributed by atoms with Crippen molar-refractivity contribution in [2.24, 2.45) is 0 Å². The zero-order valence-corrected chi connectivity index (χ0v) is 27.0. The Morgan fingerprint density at radius 1 is 0.571 bits per heavy atom.